The molecule has 30 heavy (non-hydrogen) atoms. The number of benzene rings is 3. The van der Waals surface area contributed by atoms with E-state index in [9.17, 15) is 4.79 Å². The third kappa shape index (κ3) is 4.99. The minimum atomic E-state index is -0.457. The molecule has 4 rings (SSSR count). The number of carbonyl (C=O) groups excluding carboxylic acids is 1. The summed E-state index contributed by atoms with van der Waals surface area (Å²) in [6.45, 7) is 2.56. The zero-order chi connectivity index (χ0) is 20.8. The van der Waals surface area contributed by atoms with E-state index in [0.29, 0.717) is 12.5 Å². The number of nitrogens with zero attached hydrogens (tertiary/aromatic N) is 1. The predicted octanol–water partition coefficient (Wildman–Crippen LogP) is 5.51. The Balaban J connectivity index is 1.49. The van der Waals surface area contributed by atoms with Crippen molar-refractivity contribution in [2.24, 2.45) is 4.99 Å². The molecule has 0 unspecified atom stereocenters. The standard InChI is InChI=1S/C25H21NO3S/c1-18-12-13-23(28-14-15-30-21-10-6-3-7-11-21)20(16-18)17-22-25(27)29-24(26-22)19-8-4-2-5-9-19/h2-13,16-17H,14-15H2,1H3/b22-17-. The third-order valence-electron chi connectivity index (χ3n) is 4.45. The van der Waals surface area contributed by atoms with Gasteiger partial charge in [0.15, 0.2) is 5.70 Å². The zero-order valence-corrected chi connectivity index (χ0v) is 17.4. The smallest absolute Gasteiger partial charge is 0.363 e. The van der Waals surface area contributed by atoms with Gasteiger partial charge in [0.1, 0.15) is 5.75 Å². The Bertz CT molecular complexity index is 1090. The van der Waals surface area contributed by atoms with Crippen LogP contribution >= 0.6 is 11.8 Å². The molecule has 3 aromatic carbocycles. The van der Waals surface area contributed by atoms with Gasteiger partial charge in [-0.2, -0.15) is 0 Å². The fourth-order valence-corrected chi connectivity index (χ4v) is 3.75. The van der Waals surface area contributed by atoms with Gasteiger partial charge in [-0.25, -0.2) is 9.79 Å². The monoisotopic (exact) mass is 415 g/mol. The maximum atomic E-state index is 12.3. The van der Waals surface area contributed by atoms with Gasteiger partial charge in [-0.1, -0.05) is 48.0 Å². The minimum Gasteiger partial charge on any atom is -0.492 e. The lowest BCUT2D eigenvalue weighted by molar-refractivity contribution is -0.129. The maximum Gasteiger partial charge on any atom is 0.363 e. The van der Waals surface area contributed by atoms with Gasteiger partial charge in [0.05, 0.1) is 6.61 Å². The van der Waals surface area contributed by atoms with Crippen LogP contribution in [0.3, 0.4) is 0 Å². The van der Waals surface area contributed by atoms with Gasteiger partial charge in [-0.15, -0.1) is 11.8 Å². The second-order valence-corrected chi connectivity index (χ2v) is 7.92. The Morgan fingerprint density at radius 2 is 1.73 bits per heavy atom. The molecule has 0 aliphatic carbocycles. The Morgan fingerprint density at radius 1 is 1.00 bits per heavy atom. The molecule has 0 bridgehead atoms. The van der Waals surface area contributed by atoms with Crippen molar-refractivity contribution in [1.29, 1.82) is 0 Å². The summed E-state index contributed by atoms with van der Waals surface area (Å²) in [6.07, 6.45) is 1.73. The highest BCUT2D eigenvalue weighted by molar-refractivity contribution is 7.99. The molecule has 5 heteroatoms. The number of rotatable bonds is 7. The summed E-state index contributed by atoms with van der Waals surface area (Å²) in [4.78, 5) is 17.9. The second-order valence-electron chi connectivity index (χ2n) is 6.75. The summed E-state index contributed by atoms with van der Waals surface area (Å²) in [7, 11) is 0. The van der Waals surface area contributed by atoms with Gasteiger partial charge in [0, 0.05) is 21.8 Å². The second kappa shape index (κ2) is 9.46. The molecule has 1 aliphatic rings. The van der Waals surface area contributed by atoms with Crippen LogP contribution in [0, 0.1) is 6.92 Å². The number of aryl methyl sites for hydroxylation is 1. The molecular formula is C25H21NO3S. The molecule has 150 valence electrons. The molecule has 0 amide bonds. The average molecular weight is 416 g/mol. The molecule has 0 spiro atoms. The van der Waals surface area contributed by atoms with Crippen molar-refractivity contribution < 1.29 is 14.3 Å². The molecule has 0 radical (unpaired) electrons. The molecule has 0 saturated carbocycles. The average Bonchev–Trinajstić information content (AvgIpc) is 3.14. The lowest BCUT2D eigenvalue weighted by Gasteiger charge is -2.10. The van der Waals surface area contributed by atoms with Crippen LogP contribution in [0.15, 0.2) is 94.4 Å². The topological polar surface area (TPSA) is 47.9 Å². The van der Waals surface area contributed by atoms with Crippen molar-refractivity contribution in [3.8, 4) is 5.75 Å². The molecule has 0 fully saturated rings. The van der Waals surface area contributed by atoms with E-state index in [0.717, 1.165) is 28.2 Å². The molecule has 1 heterocycles. The van der Waals surface area contributed by atoms with E-state index in [-0.39, 0.29) is 5.70 Å². The summed E-state index contributed by atoms with van der Waals surface area (Å²) in [5.74, 6) is 1.41. The Hall–Kier alpha value is -3.31. The van der Waals surface area contributed by atoms with Crippen LogP contribution in [-0.2, 0) is 9.53 Å². The first-order chi connectivity index (χ1) is 14.7. The van der Waals surface area contributed by atoms with Crippen LogP contribution < -0.4 is 4.74 Å². The SMILES string of the molecule is Cc1ccc(OCCSc2ccccc2)c(/C=C2\N=C(c3ccccc3)OC2=O)c1. The highest BCUT2D eigenvalue weighted by Crippen LogP contribution is 2.26. The van der Waals surface area contributed by atoms with Crippen LogP contribution in [0.25, 0.3) is 6.08 Å². The van der Waals surface area contributed by atoms with Crippen LogP contribution in [-0.4, -0.2) is 24.2 Å². The van der Waals surface area contributed by atoms with E-state index in [1.54, 1.807) is 17.8 Å². The van der Waals surface area contributed by atoms with E-state index in [1.807, 2.05) is 73.7 Å². The first kappa shape index (κ1) is 20.0. The lowest BCUT2D eigenvalue weighted by Crippen LogP contribution is -2.05. The van der Waals surface area contributed by atoms with Gasteiger partial charge in [-0.05, 0) is 49.4 Å². The number of aliphatic imine (C=N–C) groups is 1. The normalized spacial score (nSPS) is 14.5. The number of carbonyl (C=O) groups is 1. The summed E-state index contributed by atoms with van der Waals surface area (Å²) < 4.78 is 11.4. The van der Waals surface area contributed by atoms with E-state index in [4.69, 9.17) is 9.47 Å². The van der Waals surface area contributed by atoms with Crippen molar-refractivity contribution in [3.05, 3.63) is 101 Å². The number of cyclic esters (lactones) is 1. The fourth-order valence-electron chi connectivity index (χ4n) is 3.00. The van der Waals surface area contributed by atoms with Crippen LogP contribution in [0.2, 0.25) is 0 Å². The highest BCUT2D eigenvalue weighted by atomic mass is 32.2. The van der Waals surface area contributed by atoms with Gasteiger partial charge in [-0.3, -0.25) is 0 Å². The highest BCUT2D eigenvalue weighted by Gasteiger charge is 2.24. The van der Waals surface area contributed by atoms with E-state index < -0.39 is 5.97 Å². The molecule has 0 N–H and O–H groups in total. The van der Waals surface area contributed by atoms with Crippen molar-refractivity contribution in [2.45, 2.75) is 11.8 Å². The van der Waals surface area contributed by atoms with Crippen molar-refractivity contribution >= 4 is 29.7 Å². The number of hydrogen-bond acceptors (Lipinski definition) is 5. The van der Waals surface area contributed by atoms with Gasteiger partial charge >= 0.3 is 5.97 Å². The summed E-state index contributed by atoms with van der Waals surface area (Å²) in [5, 5.41) is 0. The number of hydrogen-bond donors (Lipinski definition) is 0. The largest absolute Gasteiger partial charge is 0.492 e. The van der Waals surface area contributed by atoms with E-state index in [1.165, 1.54) is 4.90 Å². The Morgan fingerprint density at radius 3 is 2.50 bits per heavy atom. The molecule has 0 saturated heterocycles. The first-order valence-corrected chi connectivity index (χ1v) is 10.7. The molecule has 4 nitrogen and oxygen atoms in total. The maximum absolute atomic E-state index is 12.3. The first-order valence-electron chi connectivity index (χ1n) is 9.68. The van der Waals surface area contributed by atoms with Crippen LogP contribution in [0.1, 0.15) is 16.7 Å². The predicted molar refractivity (Wildman–Crippen MR) is 121 cm³/mol. The summed E-state index contributed by atoms with van der Waals surface area (Å²) in [5.41, 5.74) is 2.92. The van der Waals surface area contributed by atoms with Gasteiger partial charge < -0.3 is 9.47 Å². The van der Waals surface area contributed by atoms with E-state index >= 15 is 0 Å². The summed E-state index contributed by atoms with van der Waals surface area (Å²) in [6, 6.07) is 25.5. The molecule has 0 atom stereocenters. The number of thioether (sulfide) groups is 1. The molecule has 0 aromatic heterocycles. The molecule has 1 aliphatic heterocycles. The van der Waals surface area contributed by atoms with Crippen molar-refractivity contribution in [1.82, 2.24) is 0 Å². The van der Waals surface area contributed by atoms with E-state index in [2.05, 4.69) is 17.1 Å². The van der Waals surface area contributed by atoms with Gasteiger partial charge in [0.2, 0.25) is 5.90 Å². The Labute approximate surface area is 180 Å². The van der Waals surface area contributed by atoms with Crippen LogP contribution in [0.5, 0.6) is 5.75 Å². The van der Waals surface area contributed by atoms with Crippen molar-refractivity contribution in [2.75, 3.05) is 12.4 Å². The molecular weight excluding hydrogens is 394 g/mol. The number of esters is 1. The van der Waals surface area contributed by atoms with Crippen molar-refractivity contribution in [3.63, 3.8) is 0 Å². The minimum absolute atomic E-state index is 0.267. The number of ether oxygens (including phenoxy) is 2. The fraction of sp³-hybridized carbons (Fsp3) is 0.120. The molecule has 3 aromatic rings. The third-order valence-corrected chi connectivity index (χ3v) is 5.43. The zero-order valence-electron chi connectivity index (χ0n) is 16.6. The quantitative estimate of drug-likeness (QED) is 0.221. The summed E-state index contributed by atoms with van der Waals surface area (Å²) >= 11 is 1.74. The lowest BCUT2D eigenvalue weighted by atomic mass is 10.1. The van der Waals surface area contributed by atoms with Gasteiger partial charge in [0.25, 0.3) is 0 Å². The Kier molecular flexibility index (Phi) is 6.30. The van der Waals surface area contributed by atoms with Crippen LogP contribution in [0.4, 0.5) is 0 Å².